The van der Waals surface area contributed by atoms with Gasteiger partial charge in [0.25, 0.3) is 5.91 Å². The van der Waals surface area contributed by atoms with E-state index in [0.29, 0.717) is 42.5 Å². The average Bonchev–Trinajstić information content (AvgIpc) is 3.13. The lowest BCUT2D eigenvalue weighted by Gasteiger charge is -2.31. The summed E-state index contributed by atoms with van der Waals surface area (Å²) in [4.78, 5) is 20.0. The minimum atomic E-state index is -0.195. The zero-order chi connectivity index (χ0) is 23.3. The number of amidine groups is 1. The van der Waals surface area contributed by atoms with Gasteiger partial charge < -0.3 is 29.7 Å². The number of amides is 1. The third-order valence-corrected chi connectivity index (χ3v) is 5.34. The summed E-state index contributed by atoms with van der Waals surface area (Å²) in [6, 6.07) is 5.50. The van der Waals surface area contributed by atoms with Crippen LogP contribution < -0.4 is 15.2 Å². The molecule has 1 aliphatic carbocycles. The van der Waals surface area contributed by atoms with Crippen molar-refractivity contribution in [2.75, 3.05) is 20.3 Å². The maximum absolute atomic E-state index is 12.9. The fourth-order valence-electron chi connectivity index (χ4n) is 3.84. The first kappa shape index (κ1) is 23.5. The normalized spacial score (nSPS) is 19.2. The molecule has 32 heavy (non-hydrogen) atoms. The minimum absolute atomic E-state index is 0.0128. The van der Waals surface area contributed by atoms with Crippen molar-refractivity contribution in [2.24, 2.45) is 16.8 Å². The van der Waals surface area contributed by atoms with Crippen LogP contribution in [0.25, 0.3) is 0 Å². The van der Waals surface area contributed by atoms with Gasteiger partial charge in [-0.3, -0.25) is 4.79 Å². The Bertz CT molecular complexity index is 899. The van der Waals surface area contributed by atoms with Gasteiger partial charge in [-0.25, -0.2) is 0 Å². The summed E-state index contributed by atoms with van der Waals surface area (Å²) < 4.78 is 17.1. The summed E-state index contributed by atoms with van der Waals surface area (Å²) in [7, 11) is 1.57. The van der Waals surface area contributed by atoms with Crippen LogP contribution in [0.15, 0.2) is 47.3 Å². The van der Waals surface area contributed by atoms with Crippen LogP contribution in [0.4, 0.5) is 0 Å². The van der Waals surface area contributed by atoms with Crippen LogP contribution in [0.2, 0.25) is 0 Å². The predicted octanol–water partition coefficient (Wildman–Crippen LogP) is 3.48. The van der Waals surface area contributed by atoms with Gasteiger partial charge in [-0.05, 0) is 52.0 Å². The molecule has 0 aromatic heterocycles. The smallest absolute Gasteiger partial charge is 0.254 e. The Hall–Kier alpha value is -3.16. The maximum atomic E-state index is 12.9. The number of nitrogens with zero attached hydrogens (tertiary/aromatic N) is 2. The van der Waals surface area contributed by atoms with Crippen molar-refractivity contribution in [3.05, 3.63) is 47.7 Å². The van der Waals surface area contributed by atoms with E-state index in [0.717, 1.165) is 5.76 Å². The molecule has 1 aromatic carbocycles. The molecule has 0 radical (unpaired) electrons. The van der Waals surface area contributed by atoms with Crippen LogP contribution in [0.3, 0.4) is 0 Å². The molecular formula is C24H33N3O5. The summed E-state index contributed by atoms with van der Waals surface area (Å²) in [5.74, 6) is 2.30. The Morgan fingerprint density at radius 2 is 1.88 bits per heavy atom. The second-order valence-corrected chi connectivity index (χ2v) is 8.36. The number of carbonyl (C=O) groups excluding carboxylic acids is 1. The third kappa shape index (κ3) is 5.36. The molecule has 1 heterocycles. The van der Waals surface area contributed by atoms with Crippen LogP contribution in [0, 0.1) is 5.92 Å². The first-order chi connectivity index (χ1) is 15.3. The van der Waals surface area contributed by atoms with E-state index in [1.807, 2.05) is 50.8 Å². The number of allylic oxidation sites excluding steroid dienone is 1. The van der Waals surface area contributed by atoms with E-state index in [2.05, 4.69) is 5.16 Å². The zero-order valence-electron chi connectivity index (χ0n) is 19.4. The predicted molar refractivity (Wildman–Crippen MR) is 123 cm³/mol. The van der Waals surface area contributed by atoms with Crippen molar-refractivity contribution >= 4 is 11.7 Å². The highest BCUT2D eigenvalue weighted by molar-refractivity contribution is 5.95. The van der Waals surface area contributed by atoms with Crippen molar-refractivity contribution in [1.82, 2.24) is 4.90 Å². The summed E-state index contributed by atoms with van der Waals surface area (Å²) in [6.45, 7) is 8.97. The van der Waals surface area contributed by atoms with E-state index in [4.69, 9.17) is 24.8 Å². The van der Waals surface area contributed by atoms with Gasteiger partial charge in [-0.1, -0.05) is 11.2 Å². The molecule has 1 aliphatic heterocycles. The lowest BCUT2D eigenvalue weighted by Crippen LogP contribution is -2.42. The first-order valence-corrected chi connectivity index (χ1v) is 11.0. The van der Waals surface area contributed by atoms with Crippen molar-refractivity contribution in [2.45, 2.75) is 52.3 Å². The zero-order valence-corrected chi connectivity index (χ0v) is 19.4. The summed E-state index contributed by atoms with van der Waals surface area (Å²) in [6.07, 6.45) is 6.19. The number of fused-ring (bicyclic) bond motifs is 1. The molecule has 0 spiro atoms. The van der Waals surface area contributed by atoms with Crippen molar-refractivity contribution in [3.63, 3.8) is 0 Å². The molecule has 2 unspecified atom stereocenters. The molecule has 1 aromatic rings. The minimum Gasteiger partial charge on any atom is -0.494 e. The van der Waals surface area contributed by atoms with Crippen LogP contribution in [0.5, 0.6) is 11.5 Å². The van der Waals surface area contributed by atoms with Gasteiger partial charge in [0.15, 0.2) is 23.4 Å². The lowest BCUT2D eigenvalue weighted by molar-refractivity contribution is 0.0643. The number of oxime groups is 1. The van der Waals surface area contributed by atoms with Gasteiger partial charge in [0.2, 0.25) is 0 Å². The molecule has 0 saturated heterocycles. The van der Waals surface area contributed by atoms with Gasteiger partial charge in [-0.15, -0.1) is 0 Å². The van der Waals surface area contributed by atoms with Gasteiger partial charge in [-0.2, -0.15) is 0 Å². The van der Waals surface area contributed by atoms with Gasteiger partial charge in [0.05, 0.1) is 26.2 Å². The highest BCUT2D eigenvalue weighted by atomic mass is 16.6. The Kier molecular flexibility index (Phi) is 7.66. The maximum Gasteiger partial charge on any atom is 0.254 e. The lowest BCUT2D eigenvalue weighted by atomic mass is 9.97. The van der Waals surface area contributed by atoms with Crippen molar-refractivity contribution < 1.29 is 23.8 Å². The average molecular weight is 444 g/mol. The molecule has 0 bridgehead atoms. The van der Waals surface area contributed by atoms with Crippen LogP contribution in [-0.4, -0.2) is 55.2 Å². The number of rotatable bonds is 10. The number of carbonyl (C=O) groups is 1. The number of methoxy groups -OCH3 is 1. The summed E-state index contributed by atoms with van der Waals surface area (Å²) in [5, 5.41) is 3.81. The molecular weight excluding hydrogens is 410 g/mol. The van der Waals surface area contributed by atoms with E-state index >= 15 is 0 Å². The number of benzene rings is 1. The van der Waals surface area contributed by atoms with E-state index < -0.39 is 0 Å². The Morgan fingerprint density at radius 1 is 1.16 bits per heavy atom. The highest BCUT2D eigenvalue weighted by Crippen LogP contribution is 2.29. The van der Waals surface area contributed by atoms with E-state index in [-0.39, 0.29) is 30.0 Å². The van der Waals surface area contributed by atoms with E-state index in [1.54, 1.807) is 25.3 Å². The molecule has 2 N–H and O–H groups in total. The van der Waals surface area contributed by atoms with Crippen molar-refractivity contribution in [3.8, 4) is 11.5 Å². The fourth-order valence-corrected chi connectivity index (χ4v) is 3.84. The fraction of sp³-hybridized carbons (Fsp3) is 0.500. The molecule has 3 rings (SSSR count). The van der Waals surface area contributed by atoms with Crippen molar-refractivity contribution in [1.29, 1.82) is 0 Å². The van der Waals surface area contributed by atoms with Gasteiger partial charge in [0.1, 0.15) is 5.76 Å². The first-order valence-electron chi connectivity index (χ1n) is 11.0. The molecule has 174 valence electrons. The topological polar surface area (TPSA) is 95.6 Å². The van der Waals surface area contributed by atoms with E-state index in [1.165, 1.54) is 0 Å². The number of hydrogen-bond donors (Lipinski definition) is 1. The molecule has 2 atom stereocenters. The molecule has 8 nitrogen and oxygen atoms in total. The molecule has 0 fully saturated rings. The summed E-state index contributed by atoms with van der Waals surface area (Å²) in [5.41, 5.74) is 6.35. The standard InChI is InChI=1S/C24H33N3O5/c1-15(2)27(16(3)4)24(28)17-7-10-20(22(13-17)29-5)31-12-6-11-30-18-8-9-19-21(14-18)32-26-23(19)25/h7-10,13-16,19,21H,6,11-12H2,1-5H3,(H2,25,26). The molecule has 0 saturated carbocycles. The SMILES string of the molecule is COc1cc(C(=O)N(C(C)C)C(C)C)ccc1OCCCOC1=CC2ON=C(N)C2C=C1. The number of ether oxygens (including phenoxy) is 3. The third-order valence-electron chi connectivity index (χ3n) is 5.34. The Morgan fingerprint density at radius 3 is 2.56 bits per heavy atom. The molecule has 2 aliphatic rings. The second-order valence-electron chi connectivity index (χ2n) is 8.36. The largest absolute Gasteiger partial charge is 0.494 e. The Labute approximate surface area is 189 Å². The summed E-state index contributed by atoms with van der Waals surface area (Å²) >= 11 is 0. The van der Waals surface area contributed by atoms with E-state index in [9.17, 15) is 4.79 Å². The number of nitrogens with two attached hydrogens (primary N) is 1. The molecule has 8 heteroatoms. The van der Waals surface area contributed by atoms with Gasteiger partial charge >= 0.3 is 0 Å². The van der Waals surface area contributed by atoms with Crippen LogP contribution in [0.1, 0.15) is 44.5 Å². The monoisotopic (exact) mass is 443 g/mol. The highest BCUT2D eigenvalue weighted by Gasteiger charge is 2.31. The van der Waals surface area contributed by atoms with Crippen LogP contribution in [-0.2, 0) is 9.57 Å². The van der Waals surface area contributed by atoms with Gasteiger partial charge in [0, 0.05) is 30.1 Å². The molecule has 1 amide bonds. The number of hydrogen-bond acceptors (Lipinski definition) is 7. The Balaban J connectivity index is 1.50. The quantitative estimate of drug-likeness (QED) is 0.556. The van der Waals surface area contributed by atoms with Crippen LogP contribution >= 0.6 is 0 Å². The second kappa shape index (κ2) is 10.4.